The van der Waals surface area contributed by atoms with Crippen molar-refractivity contribution in [2.45, 2.75) is 12.8 Å². The number of carbonyl (C=O) groups excluding carboxylic acids is 1. The van der Waals surface area contributed by atoms with Crippen LogP contribution in [0.25, 0.3) is 15.6 Å². The molecule has 34 heavy (non-hydrogen) atoms. The van der Waals surface area contributed by atoms with Crippen LogP contribution in [-0.4, -0.2) is 65.4 Å². The zero-order valence-corrected chi connectivity index (χ0v) is 18.5. The van der Waals surface area contributed by atoms with Crippen LogP contribution in [-0.2, 0) is 16.0 Å². The van der Waals surface area contributed by atoms with Gasteiger partial charge in [-0.2, -0.15) is 10.4 Å². The van der Waals surface area contributed by atoms with Crippen molar-refractivity contribution in [3.63, 3.8) is 0 Å². The second kappa shape index (κ2) is 10.6. The lowest BCUT2D eigenvalue weighted by molar-refractivity contribution is -0.132. The van der Waals surface area contributed by atoms with E-state index in [9.17, 15) is 9.59 Å². The van der Waals surface area contributed by atoms with Crippen LogP contribution in [0, 0.1) is 17.9 Å². The van der Waals surface area contributed by atoms with Gasteiger partial charge in [-0.1, -0.05) is 6.07 Å². The fourth-order valence-electron chi connectivity index (χ4n) is 3.95. The minimum absolute atomic E-state index is 0.0450. The molecule has 1 aromatic carbocycles. The number of fused-ring (bicyclic) bond motifs is 1. The summed E-state index contributed by atoms with van der Waals surface area (Å²) >= 11 is 0. The number of nitriles is 1. The highest BCUT2D eigenvalue weighted by Gasteiger charge is 2.21. The third-order valence-electron chi connectivity index (χ3n) is 5.79. The Balaban J connectivity index is 1.23. The normalized spacial score (nSPS) is 13.5. The molecule has 1 fully saturated rings. The quantitative estimate of drug-likeness (QED) is 0.426. The van der Waals surface area contributed by atoms with E-state index in [0.717, 1.165) is 11.4 Å². The maximum atomic E-state index is 12.5. The topological polar surface area (TPSA) is 120 Å². The van der Waals surface area contributed by atoms with E-state index in [1.54, 1.807) is 30.6 Å². The van der Waals surface area contributed by atoms with Gasteiger partial charge in [0.1, 0.15) is 11.9 Å². The molecule has 0 bridgehead atoms. The number of pyridine rings is 1. The van der Waals surface area contributed by atoms with Crippen molar-refractivity contribution in [3.8, 4) is 6.07 Å². The van der Waals surface area contributed by atoms with Gasteiger partial charge in [-0.15, -0.1) is 0 Å². The fourth-order valence-corrected chi connectivity index (χ4v) is 3.95. The summed E-state index contributed by atoms with van der Waals surface area (Å²) in [5.74, 6) is 0.852. The predicted molar refractivity (Wildman–Crippen MR) is 126 cm³/mol. The third-order valence-corrected chi connectivity index (χ3v) is 5.79. The molecule has 1 aliphatic heterocycles. The Morgan fingerprint density at radius 2 is 2.00 bits per heavy atom. The number of benzene rings is 1. The van der Waals surface area contributed by atoms with Gasteiger partial charge in [-0.05, 0) is 30.2 Å². The summed E-state index contributed by atoms with van der Waals surface area (Å²) in [4.78, 5) is 36.2. The number of anilines is 1. The van der Waals surface area contributed by atoms with E-state index in [2.05, 4.69) is 31.0 Å². The van der Waals surface area contributed by atoms with Crippen LogP contribution in [0.1, 0.15) is 17.5 Å². The Hall–Kier alpha value is -4.28. The fraction of sp³-hybridized carbons (Fsp3) is 0.333. The molecule has 3 heterocycles. The minimum atomic E-state index is -0.328. The molecule has 0 radical (unpaired) electrons. The molecule has 1 amide bonds. The minimum Gasteiger partial charge on any atom is -0.381 e. The van der Waals surface area contributed by atoms with Gasteiger partial charge in [0.15, 0.2) is 5.69 Å². The number of ether oxygens (including phenoxy) is 1. The molecule has 10 heteroatoms. The number of nitrogens with one attached hydrogen (secondary N) is 1. The summed E-state index contributed by atoms with van der Waals surface area (Å²) in [7, 11) is 0. The van der Waals surface area contributed by atoms with Crippen LogP contribution in [0.15, 0.2) is 41.5 Å². The van der Waals surface area contributed by atoms with E-state index >= 15 is 0 Å². The first-order valence-electron chi connectivity index (χ1n) is 10.9. The number of aromatic nitrogens is 3. The second-order valence-corrected chi connectivity index (χ2v) is 7.87. The molecule has 1 N–H and O–H groups in total. The smallest absolute Gasteiger partial charge is 0.270 e. The summed E-state index contributed by atoms with van der Waals surface area (Å²) in [5, 5.41) is 16.3. The number of amides is 1. The molecule has 3 aromatic rings. The Morgan fingerprint density at radius 3 is 2.71 bits per heavy atom. The highest BCUT2D eigenvalue weighted by molar-refractivity contribution is 5.87. The first-order valence-corrected chi connectivity index (χ1v) is 10.9. The molecule has 4 rings (SSSR count). The number of hydrogen-bond acceptors (Lipinski definition) is 7. The van der Waals surface area contributed by atoms with Gasteiger partial charge in [0.05, 0.1) is 38.0 Å². The lowest BCUT2D eigenvalue weighted by Crippen LogP contribution is -2.49. The number of H-pyrrole nitrogens is 1. The number of hydrogen-bond donors (Lipinski definition) is 1. The number of carbonyl (C=O) groups is 1. The van der Waals surface area contributed by atoms with Gasteiger partial charge in [0, 0.05) is 43.1 Å². The van der Waals surface area contributed by atoms with Crippen molar-refractivity contribution in [1.29, 1.82) is 5.26 Å². The number of nitrogens with zero attached hydrogens (tertiary/aromatic N) is 6. The van der Waals surface area contributed by atoms with E-state index in [0.29, 0.717) is 74.3 Å². The maximum absolute atomic E-state index is 12.5. The van der Waals surface area contributed by atoms with Crippen LogP contribution in [0.2, 0.25) is 0 Å². The summed E-state index contributed by atoms with van der Waals surface area (Å²) in [5.41, 5.74) is 1.41. The van der Waals surface area contributed by atoms with Crippen molar-refractivity contribution in [3.05, 3.63) is 69.6 Å². The highest BCUT2D eigenvalue weighted by atomic mass is 16.5. The van der Waals surface area contributed by atoms with Crippen molar-refractivity contribution in [2.75, 3.05) is 44.3 Å². The molecular formula is C24H23N7O3. The highest BCUT2D eigenvalue weighted by Crippen LogP contribution is 2.23. The summed E-state index contributed by atoms with van der Waals surface area (Å²) < 4.78 is 5.69. The van der Waals surface area contributed by atoms with Gasteiger partial charge in [-0.25, -0.2) is 14.9 Å². The first-order chi connectivity index (χ1) is 16.6. The van der Waals surface area contributed by atoms with Gasteiger partial charge in [0.25, 0.3) is 5.56 Å². The van der Waals surface area contributed by atoms with E-state index in [1.807, 2.05) is 11.0 Å². The molecule has 10 nitrogen and oxygen atoms in total. The van der Waals surface area contributed by atoms with E-state index < -0.39 is 0 Å². The van der Waals surface area contributed by atoms with E-state index in [4.69, 9.17) is 16.6 Å². The molecule has 0 spiro atoms. The van der Waals surface area contributed by atoms with E-state index in [1.165, 1.54) is 0 Å². The van der Waals surface area contributed by atoms with Gasteiger partial charge in [-0.3, -0.25) is 9.59 Å². The largest absolute Gasteiger partial charge is 0.381 e. The monoisotopic (exact) mass is 457 g/mol. The average molecular weight is 457 g/mol. The summed E-state index contributed by atoms with van der Waals surface area (Å²) in [6.45, 7) is 10.5. The number of aromatic amines is 1. The van der Waals surface area contributed by atoms with Crippen LogP contribution in [0.4, 0.5) is 11.5 Å². The van der Waals surface area contributed by atoms with Crippen LogP contribution in [0.5, 0.6) is 0 Å². The van der Waals surface area contributed by atoms with Crippen LogP contribution < -0.4 is 10.5 Å². The zero-order chi connectivity index (χ0) is 23.9. The van der Waals surface area contributed by atoms with Crippen molar-refractivity contribution >= 4 is 28.2 Å². The lowest BCUT2D eigenvalue weighted by Gasteiger charge is -2.35. The van der Waals surface area contributed by atoms with Gasteiger partial charge in [0.2, 0.25) is 5.91 Å². The standard InChI is InChI=1S/C24H23N7O3/c1-26-19-12-18(21-16-28-29-24(33)20(21)13-19)4-10-34-11-5-23(32)31-8-6-30(7-9-31)22-3-2-17(14-25)15-27-22/h2-3,12-13,15-16H,4-11H2,(H,29,33). The number of piperazine rings is 1. The average Bonchev–Trinajstić information content (AvgIpc) is 2.88. The molecule has 0 unspecified atom stereocenters. The van der Waals surface area contributed by atoms with Crippen molar-refractivity contribution in [1.82, 2.24) is 20.1 Å². The Morgan fingerprint density at radius 1 is 1.18 bits per heavy atom. The summed E-state index contributed by atoms with van der Waals surface area (Å²) in [6.07, 6.45) is 3.94. The lowest BCUT2D eigenvalue weighted by atomic mass is 10.0. The molecular weight excluding hydrogens is 434 g/mol. The molecule has 2 aromatic heterocycles. The van der Waals surface area contributed by atoms with Gasteiger partial charge >= 0.3 is 0 Å². The Kier molecular flexibility index (Phi) is 7.11. The van der Waals surface area contributed by atoms with Crippen molar-refractivity contribution in [2.24, 2.45) is 0 Å². The van der Waals surface area contributed by atoms with Crippen LogP contribution >= 0.6 is 0 Å². The summed E-state index contributed by atoms with van der Waals surface area (Å²) in [6, 6.07) is 8.93. The van der Waals surface area contributed by atoms with E-state index in [-0.39, 0.29) is 11.5 Å². The Labute approximate surface area is 196 Å². The third kappa shape index (κ3) is 5.20. The van der Waals surface area contributed by atoms with Crippen molar-refractivity contribution < 1.29 is 9.53 Å². The molecule has 0 atom stereocenters. The molecule has 1 saturated heterocycles. The van der Waals surface area contributed by atoms with Gasteiger partial charge < -0.3 is 14.5 Å². The SMILES string of the molecule is [C-]#[N+]c1cc(CCOCCC(=O)N2CCN(c3ccc(C#N)cn3)CC2)c2cn[nH]c(=O)c2c1. The predicted octanol–water partition coefficient (Wildman–Crippen LogP) is 2.04. The van der Waals surface area contributed by atoms with Crippen LogP contribution in [0.3, 0.4) is 0 Å². The maximum Gasteiger partial charge on any atom is 0.270 e. The second-order valence-electron chi connectivity index (χ2n) is 7.87. The molecule has 0 aliphatic carbocycles. The Bertz CT molecular complexity index is 1310. The molecule has 0 saturated carbocycles. The first kappa shape index (κ1) is 22.9. The number of rotatable bonds is 7. The molecule has 172 valence electrons. The molecule has 1 aliphatic rings. The zero-order valence-electron chi connectivity index (χ0n) is 18.5.